The predicted octanol–water partition coefficient (Wildman–Crippen LogP) is 2.63. The van der Waals surface area contributed by atoms with Gasteiger partial charge in [-0.05, 0) is 38.2 Å². The van der Waals surface area contributed by atoms with E-state index in [-0.39, 0.29) is 17.7 Å². The molecule has 0 unspecified atom stereocenters. The van der Waals surface area contributed by atoms with E-state index in [0.29, 0.717) is 19.6 Å². The Morgan fingerprint density at radius 1 is 1.19 bits per heavy atom. The Balaban J connectivity index is 1.63. The summed E-state index contributed by atoms with van der Waals surface area (Å²) in [5.41, 5.74) is 1.30. The third kappa shape index (κ3) is 4.88. The minimum Gasteiger partial charge on any atom is -0.338 e. The predicted molar refractivity (Wildman–Crippen MR) is 83.1 cm³/mol. The smallest absolute Gasteiger partial charge is 0.317 e. The lowest BCUT2D eigenvalue weighted by Crippen LogP contribution is -2.45. The number of carbonyl (C=O) groups excluding carboxylic acids is 2. The van der Waals surface area contributed by atoms with Crippen LogP contribution in [-0.2, 0) is 11.2 Å². The first kappa shape index (κ1) is 15.5. The number of hydrogen-bond acceptors (Lipinski definition) is 2. The van der Waals surface area contributed by atoms with Crippen molar-refractivity contribution in [3.63, 3.8) is 0 Å². The quantitative estimate of drug-likeness (QED) is 0.847. The standard InChI is InChI=1S/C17H24N2O2/c1-14(20)16-9-12-19(13-10-16)17(21)18-11-5-8-15-6-3-2-4-7-15/h2-4,6-7,16H,5,8-13H2,1H3,(H,18,21). The van der Waals surface area contributed by atoms with Gasteiger partial charge in [0, 0.05) is 25.6 Å². The number of urea groups is 1. The van der Waals surface area contributed by atoms with E-state index in [1.807, 2.05) is 23.1 Å². The lowest BCUT2D eigenvalue weighted by Gasteiger charge is -2.30. The van der Waals surface area contributed by atoms with Crippen LogP contribution in [0.25, 0.3) is 0 Å². The molecule has 1 N–H and O–H groups in total. The molecule has 0 spiro atoms. The van der Waals surface area contributed by atoms with Crippen molar-refractivity contribution >= 4 is 11.8 Å². The van der Waals surface area contributed by atoms with E-state index in [2.05, 4.69) is 17.4 Å². The molecule has 1 fully saturated rings. The molecule has 1 aliphatic rings. The molecule has 2 amide bonds. The summed E-state index contributed by atoms with van der Waals surface area (Å²) in [7, 11) is 0. The zero-order chi connectivity index (χ0) is 15.1. The molecule has 1 aromatic rings. The van der Waals surface area contributed by atoms with Crippen LogP contribution in [0.1, 0.15) is 31.7 Å². The van der Waals surface area contributed by atoms with E-state index in [4.69, 9.17) is 0 Å². The highest BCUT2D eigenvalue weighted by Crippen LogP contribution is 2.17. The highest BCUT2D eigenvalue weighted by molar-refractivity contribution is 5.79. The third-order valence-corrected chi connectivity index (χ3v) is 4.12. The number of aryl methyl sites for hydroxylation is 1. The first-order chi connectivity index (χ1) is 10.2. The number of amides is 2. The Kier molecular flexibility index (Phi) is 5.78. The number of nitrogens with one attached hydrogen (secondary N) is 1. The second kappa shape index (κ2) is 7.81. The number of nitrogens with zero attached hydrogens (tertiary/aromatic N) is 1. The van der Waals surface area contributed by atoms with Gasteiger partial charge in [-0.1, -0.05) is 30.3 Å². The summed E-state index contributed by atoms with van der Waals surface area (Å²) in [6.45, 7) is 3.72. The van der Waals surface area contributed by atoms with Crippen LogP contribution in [-0.4, -0.2) is 36.3 Å². The van der Waals surface area contributed by atoms with Crippen molar-refractivity contribution in [2.24, 2.45) is 5.92 Å². The second-order valence-corrected chi connectivity index (χ2v) is 5.69. The van der Waals surface area contributed by atoms with Gasteiger partial charge in [-0.2, -0.15) is 0 Å². The van der Waals surface area contributed by atoms with Gasteiger partial charge in [-0.15, -0.1) is 0 Å². The Morgan fingerprint density at radius 3 is 2.48 bits per heavy atom. The maximum atomic E-state index is 12.0. The summed E-state index contributed by atoms with van der Waals surface area (Å²) in [5.74, 6) is 0.394. The number of carbonyl (C=O) groups is 2. The molecule has 21 heavy (non-hydrogen) atoms. The van der Waals surface area contributed by atoms with Crippen LogP contribution in [0, 0.1) is 5.92 Å². The molecule has 114 valence electrons. The fourth-order valence-corrected chi connectivity index (χ4v) is 2.73. The van der Waals surface area contributed by atoms with Crippen LogP contribution in [0.4, 0.5) is 4.79 Å². The minimum absolute atomic E-state index is 0.00469. The average molecular weight is 288 g/mol. The molecule has 0 aliphatic carbocycles. The van der Waals surface area contributed by atoms with Crippen LogP contribution >= 0.6 is 0 Å². The number of Topliss-reactive ketones (excluding diaryl/α,β-unsaturated/α-hetero) is 1. The lowest BCUT2D eigenvalue weighted by molar-refractivity contribution is -0.121. The Bertz CT molecular complexity index is 465. The van der Waals surface area contributed by atoms with Gasteiger partial charge < -0.3 is 10.2 Å². The summed E-state index contributed by atoms with van der Waals surface area (Å²) in [4.78, 5) is 25.1. The van der Waals surface area contributed by atoms with Crippen LogP contribution in [0.3, 0.4) is 0 Å². The number of rotatable bonds is 5. The van der Waals surface area contributed by atoms with E-state index >= 15 is 0 Å². The van der Waals surface area contributed by atoms with Crippen LogP contribution in [0.15, 0.2) is 30.3 Å². The Morgan fingerprint density at radius 2 is 1.86 bits per heavy atom. The zero-order valence-electron chi connectivity index (χ0n) is 12.7. The minimum atomic E-state index is 0.00469. The molecule has 0 atom stereocenters. The molecule has 1 aliphatic heterocycles. The molecular formula is C17H24N2O2. The van der Waals surface area contributed by atoms with Gasteiger partial charge in [0.15, 0.2) is 0 Å². The number of hydrogen-bond donors (Lipinski definition) is 1. The van der Waals surface area contributed by atoms with Crippen molar-refractivity contribution in [1.29, 1.82) is 0 Å². The molecule has 0 aromatic heterocycles. The highest BCUT2D eigenvalue weighted by Gasteiger charge is 2.24. The van der Waals surface area contributed by atoms with Crippen molar-refractivity contribution in [1.82, 2.24) is 10.2 Å². The van der Waals surface area contributed by atoms with Gasteiger partial charge in [0.2, 0.25) is 0 Å². The number of piperidine rings is 1. The normalized spacial score (nSPS) is 15.8. The van der Waals surface area contributed by atoms with Crippen molar-refractivity contribution < 1.29 is 9.59 Å². The number of likely N-dealkylation sites (tertiary alicyclic amines) is 1. The van der Waals surface area contributed by atoms with Gasteiger partial charge in [-0.25, -0.2) is 4.79 Å². The Labute approximate surface area is 126 Å². The van der Waals surface area contributed by atoms with Crippen LogP contribution in [0.2, 0.25) is 0 Å². The third-order valence-electron chi connectivity index (χ3n) is 4.12. The van der Waals surface area contributed by atoms with Gasteiger partial charge in [0.1, 0.15) is 5.78 Å². The van der Waals surface area contributed by atoms with E-state index in [0.717, 1.165) is 25.7 Å². The first-order valence-corrected chi connectivity index (χ1v) is 7.74. The molecule has 2 rings (SSSR count). The zero-order valence-corrected chi connectivity index (χ0v) is 12.7. The van der Waals surface area contributed by atoms with E-state index in [1.165, 1.54) is 5.56 Å². The van der Waals surface area contributed by atoms with Crippen molar-refractivity contribution in [2.45, 2.75) is 32.6 Å². The Hall–Kier alpha value is -1.84. The number of ketones is 1. The molecule has 0 saturated carbocycles. The van der Waals surface area contributed by atoms with Gasteiger partial charge >= 0.3 is 6.03 Å². The fraction of sp³-hybridized carbons (Fsp3) is 0.529. The molecule has 0 radical (unpaired) electrons. The SMILES string of the molecule is CC(=O)C1CCN(C(=O)NCCCc2ccccc2)CC1. The molecule has 0 bridgehead atoms. The first-order valence-electron chi connectivity index (χ1n) is 7.74. The maximum absolute atomic E-state index is 12.0. The molecule has 1 aromatic carbocycles. The van der Waals surface area contributed by atoms with Crippen molar-refractivity contribution in [2.75, 3.05) is 19.6 Å². The van der Waals surface area contributed by atoms with E-state index in [1.54, 1.807) is 6.92 Å². The molecule has 4 heteroatoms. The van der Waals surface area contributed by atoms with E-state index < -0.39 is 0 Å². The second-order valence-electron chi connectivity index (χ2n) is 5.69. The van der Waals surface area contributed by atoms with Gasteiger partial charge in [0.05, 0.1) is 0 Å². The summed E-state index contributed by atoms with van der Waals surface area (Å²) < 4.78 is 0. The topological polar surface area (TPSA) is 49.4 Å². The molecular weight excluding hydrogens is 264 g/mol. The molecule has 4 nitrogen and oxygen atoms in total. The summed E-state index contributed by atoms with van der Waals surface area (Å²) >= 11 is 0. The average Bonchev–Trinajstić information content (AvgIpc) is 2.52. The largest absolute Gasteiger partial charge is 0.338 e. The lowest BCUT2D eigenvalue weighted by atomic mass is 9.93. The molecule has 1 saturated heterocycles. The van der Waals surface area contributed by atoms with E-state index in [9.17, 15) is 9.59 Å². The summed E-state index contributed by atoms with van der Waals surface area (Å²) in [5, 5.41) is 2.97. The summed E-state index contributed by atoms with van der Waals surface area (Å²) in [6.07, 6.45) is 3.52. The van der Waals surface area contributed by atoms with Crippen LogP contribution < -0.4 is 5.32 Å². The van der Waals surface area contributed by atoms with Crippen LogP contribution in [0.5, 0.6) is 0 Å². The summed E-state index contributed by atoms with van der Waals surface area (Å²) in [6, 6.07) is 10.3. The molecule has 1 heterocycles. The van der Waals surface area contributed by atoms with Gasteiger partial charge in [0.25, 0.3) is 0 Å². The maximum Gasteiger partial charge on any atom is 0.317 e. The van der Waals surface area contributed by atoms with Crippen molar-refractivity contribution in [3.05, 3.63) is 35.9 Å². The van der Waals surface area contributed by atoms with Gasteiger partial charge in [-0.3, -0.25) is 4.79 Å². The fourth-order valence-electron chi connectivity index (χ4n) is 2.73. The highest BCUT2D eigenvalue weighted by atomic mass is 16.2. The van der Waals surface area contributed by atoms with Crippen molar-refractivity contribution in [3.8, 4) is 0 Å². The number of benzene rings is 1. The monoisotopic (exact) mass is 288 g/mol.